The van der Waals surface area contributed by atoms with Crippen molar-refractivity contribution in [1.82, 2.24) is 9.55 Å². The second-order valence-corrected chi connectivity index (χ2v) is 8.11. The average Bonchev–Trinajstić information content (AvgIpc) is 3.29. The molecule has 0 saturated heterocycles. The van der Waals surface area contributed by atoms with Gasteiger partial charge in [0.25, 0.3) is 0 Å². The maximum Gasteiger partial charge on any atom is 0.307 e. The molecule has 0 spiro atoms. The van der Waals surface area contributed by atoms with Crippen LogP contribution < -0.4 is 0 Å². The van der Waals surface area contributed by atoms with Gasteiger partial charge in [0.2, 0.25) is 5.78 Å². The fourth-order valence-electron chi connectivity index (χ4n) is 2.74. The number of thioether (sulfide) groups is 1. The van der Waals surface area contributed by atoms with Crippen LogP contribution in [-0.2, 0) is 9.53 Å². The predicted octanol–water partition coefficient (Wildman–Crippen LogP) is 4.60. The van der Waals surface area contributed by atoms with Gasteiger partial charge in [0.05, 0.1) is 6.42 Å². The van der Waals surface area contributed by atoms with Gasteiger partial charge >= 0.3 is 5.97 Å². The van der Waals surface area contributed by atoms with E-state index in [4.69, 9.17) is 4.74 Å². The zero-order chi connectivity index (χ0) is 20.1. The molecule has 28 heavy (non-hydrogen) atoms. The summed E-state index contributed by atoms with van der Waals surface area (Å²) in [5.41, 5.74) is 2.21. The lowest BCUT2D eigenvalue weighted by Gasteiger charge is -2.06. The first kappa shape index (κ1) is 20.3. The lowest BCUT2D eigenvalue weighted by Crippen LogP contribution is -2.15. The normalized spacial score (nSPS) is 10.8. The molecule has 0 saturated carbocycles. The molecule has 0 amide bonds. The Balaban J connectivity index is 1.50. The standard InChI is InChI=1S/C20H19FN2O3S2/c1-13-11-17(14(2)23(13)20-22-8-10-28-20)18(24)12-26-19(25)7-9-27-16-5-3-15(21)4-6-16/h3-6,8,10-11H,7,9,12H2,1-2H3. The summed E-state index contributed by atoms with van der Waals surface area (Å²) >= 11 is 2.92. The number of hydrogen-bond donors (Lipinski definition) is 0. The number of thiazole rings is 1. The van der Waals surface area contributed by atoms with E-state index in [0.717, 1.165) is 21.4 Å². The van der Waals surface area contributed by atoms with Crippen LogP contribution in [0.2, 0.25) is 0 Å². The molecule has 0 aliphatic rings. The Morgan fingerprint density at radius 2 is 2.00 bits per heavy atom. The van der Waals surface area contributed by atoms with E-state index in [9.17, 15) is 14.0 Å². The van der Waals surface area contributed by atoms with Crippen LogP contribution in [0.1, 0.15) is 28.2 Å². The largest absolute Gasteiger partial charge is 0.457 e. The SMILES string of the molecule is Cc1cc(C(=O)COC(=O)CCSc2ccc(F)cc2)c(C)n1-c1nccs1. The second kappa shape index (κ2) is 9.16. The van der Waals surface area contributed by atoms with Gasteiger partial charge < -0.3 is 4.74 Å². The zero-order valence-corrected chi connectivity index (χ0v) is 17.1. The third-order valence-electron chi connectivity index (χ3n) is 4.09. The molecule has 8 heteroatoms. The molecule has 0 aliphatic heterocycles. The van der Waals surface area contributed by atoms with Crippen LogP contribution in [-0.4, -0.2) is 33.7 Å². The summed E-state index contributed by atoms with van der Waals surface area (Å²) in [6, 6.07) is 7.86. The second-order valence-electron chi connectivity index (χ2n) is 6.07. The van der Waals surface area contributed by atoms with Crippen molar-refractivity contribution in [2.45, 2.75) is 25.2 Å². The van der Waals surface area contributed by atoms with Crippen LogP contribution in [0.5, 0.6) is 0 Å². The third-order valence-corrected chi connectivity index (χ3v) is 5.87. The van der Waals surface area contributed by atoms with E-state index in [-0.39, 0.29) is 24.6 Å². The van der Waals surface area contributed by atoms with E-state index in [0.29, 0.717) is 11.3 Å². The number of ketones is 1. The molecule has 3 rings (SSSR count). The Hall–Kier alpha value is -2.45. The van der Waals surface area contributed by atoms with Crippen LogP contribution in [0, 0.1) is 19.7 Å². The number of hydrogen-bond acceptors (Lipinski definition) is 6. The molecule has 146 valence electrons. The first-order chi connectivity index (χ1) is 13.5. The number of ether oxygens (including phenoxy) is 1. The van der Waals surface area contributed by atoms with Gasteiger partial charge in [-0.05, 0) is 44.2 Å². The molecule has 2 heterocycles. The molecular weight excluding hydrogens is 399 g/mol. The van der Waals surface area contributed by atoms with Crippen molar-refractivity contribution in [3.63, 3.8) is 0 Å². The number of carbonyl (C=O) groups is 2. The number of aromatic nitrogens is 2. The van der Waals surface area contributed by atoms with Gasteiger partial charge in [-0.3, -0.25) is 14.2 Å². The molecular formula is C20H19FN2O3S2. The summed E-state index contributed by atoms with van der Waals surface area (Å²) in [6.45, 7) is 3.47. The number of Topliss-reactive ketones (excluding diaryl/α,β-unsaturated/α-hetero) is 1. The summed E-state index contributed by atoms with van der Waals surface area (Å²) in [5.74, 6) is -0.472. The van der Waals surface area contributed by atoms with Crippen molar-refractivity contribution in [2.75, 3.05) is 12.4 Å². The van der Waals surface area contributed by atoms with E-state index < -0.39 is 5.97 Å². The molecule has 0 unspecified atom stereocenters. The van der Waals surface area contributed by atoms with Gasteiger partial charge in [-0.25, -0.2) is 9.37 Å². The van der Waals surface area contributed by atoms with E-state index in [2.05, 4.69) is 4.98 Å². The van der Waals surface area contributed by atoms with E-state index >= 15 is 0 Å². The molecule has 3 aromatic rings. The molecule has 2 aromatic heterocycles. The monoisotopic (exact) mass is 418 g/mol. The van der Waals surface area contributed by atoms with Crippen LogP contribution >= 0.6 is 23.1 Å². The molecule has 0 aliphatic carbocycles. The van der Waals surface area contributed by atoms with Crippen molar-refractivity contribution >= 4 is 34.9 Å². The topological polar surface area (TPSA) is 61.2 Å². The van der Waals surface area contributed by atoms with Crippen molar-refractivity contribution in [3.8, 4) is 5.13 Å². The van der Waals surface area contributed by atoms with Gasteiger partial charge in [-0.15, -0.1) is 23.1 Å². The van der Waals surface area contributed by atoms with Crippen LogP contribution in [0.15, 0.2) is 46.8 Å². The fraction of sp³-hybridized carbons (Fsp3) is 0.250. The zero-order valence-electron chi connectivity index (χ0n) is 15.5. The van der Waals surface area contributed by atoms with Crippen molar-refractivity contribution in [2.24, 2.45) is 0 Å². The lowest BCUT2D eigenvalue weighted by molar-refractivity contribution is -0.141. The number of halogens is 1. The number of rotatable bonds is 8. The summed E-state index contributed by atoms with van der Waals surface area (Å²) in [7, 11) is 0. The highest BCUT2D eigenvalue weighted by Crippen LogP contribution is 2.23. The summed E-state index contributed by atoms with van der Waals surface area (Å²) in [6.07, 6.45) is 1.89. The van der Waals surface area contributed by atoms with Crippen LogP contribution in [0.4, 0.5) is 4.39 Å². The maximum absolute atomic E-state index is 12.9. The quantitative estimate of drug-likeness (QED) is 0.304. The Kier molecular flexibility index (Phi) is 6.64. The Bertz CT molecular complexity index is 966. The van der Waals surface area contributed by atoms with Crippen LogP contribution in [0.25, 0.3) is 5.13 Å². The first-order valence-corrected chi connectivity index (χ1v) is 10.5. The summed E-state index contributed by atoms with van der Waals surface area (Å²) in [4.78, 5) is 29.5. The number of aryl methyl sites for hydroxylation is 1. The van der Waals surface area contributed by atoms with Crippen molar-refractivity contribution in [1.29, 1.82) is 0 Å². The maximum atomic E-state index is 12.9. The summed E-state index contributed by atoms with van der Waals surface area (Å²) < 4.78 is 19.9. The fourth-order valence-corrected chi connectivity index (χ4v) is 4.33. The third kappa shape index (κ3) is 4.88. The summed E-state index contributed by atoms with van der Waals surface area (Å²) in [5, 5.41) is 2.67. The minimum absolute atomic E-state index is 0.174. The van der Waals surface area contributed by atoms with E-state index in [1.165, 1.54) is 35.2 Å². The van der Waals surface area contributed by atoms with Gasteiger partial charge in [0.1, 0.15) is 5.82 Å². The first-order valence-electron chi connectivity index (χ1n) is 8.61. The Morgan fingerprint density at radius 3 is 2.68 bits per heavy atom. The van der Waals surface area contributed by atoms with Crippen LogP contribution in [0.3, 0.4) is 0 Å². The molecule has 1 aromatic carbocycles. The van der Waals surface area contributed by atoms with Crippen molar-refractivity contribution < 1.29 is 18.7 Å². The Morgan fingerprint density at radius 1 is 1.25 bits per heavy atom. The minimum atomic E-state index is -0.434. The number of carbonyl (C=O) groups excluding carboxylic acids is 2. The van der Waals surface area contributed by atoms with Crippen molar-refractivity contribution in [3.05, 3.63) is 64.7 Å². The molecule has 5 nitrogen and oxygen atoms in total. The van der Waals surface area contributed by atoms with Gasteiger partial charge in [0, 0.05) is 39.2 Å². The van der Waals surface area contributed by atoms with E-state index in [1.54, 1.807) is 24.4 Å². The molecule has 0 N–H and O–H groups in total. The van der Waals surface area contributed by atoms with E-state index in [1.807, 2.05) is 23.8 Å². The number of esters is 1. The molecule has 0 atom stereocenters. The average molecular weight is 419 g/mol. The predicted molar refractivity (Wildman–Crippen MR) is 108 cm³/mol. The molecule has 0 radical (unpaired) electrons. The van der Waals surface area contributed by atoms with Gasteiger partial charge in [0.15, 0.2) is 11.7 Å². The highest BCUT2D eigenvalue weighted by Gasteiger charge is 2.19. The smallest absolute Gasteiger partial charge is 0.307 e. The lowest BCUT2D eigenvalue weighted by atomic mass is 10.1. The number of benzene rings is 1. The Labute approximate surface area is 170 Å². The minimum Gasteiger partial charge on any atom is -0.457 e. The highest BCUT2D eigenvalue weighted by molar-refractivity contribution is 7.99. The highest BCUT2D eigenvalue weighted by atomic mass is 32.2. The van der Waals surface area contributed by atoms with Gasteiger partial charge in [-0.2, -0.15) is 0 Å². The number of nitrogens with zero attached hydrogens (tertiary/aromatic N) is 2. The molecule has 0 bridgehead atoms. The van der Waals surface area contributed by atoms with Gasteiger partial charge in [-0.1, -0.05) is 0 Å². The molecule has 0 fully saturated rings.